The van der Waals surface area contributed by atoms with Crippen molar-refractivity contribution in [2.75, 3.05) is 13.1 Å². The number of hydrogen-bond acceptors (Lipinski definition) is 5. The van der Waals surface area contributed by atoms with Gasteiger partial charge in [0.05, 0.1) is 6.20 Å². The number of nitrogens with one attached hydrogen (secondary N) is 2. The molecule has 0 aliphatic carbocycles. The monoisotopic (exact) mass is 282 g/mol. The van der Waals surface area contributed by atoms with E-state index >= 15 is 0 Å². The number of aromatic amines is 2. The summed E-state index contributed by atoms with van der Waals surface area (Å²) in [5.41, 5.74) is 0. The number of piperidine rings is 1. The Labute approximate surface area is 110 Å². The molecule has 1 aliphatic heterocycles. The molecule has 2 aromatic rings. The van der Waals surface area contributed by atoms with Crippen molar-refractivity contribution in [1.82, 2.24) is 29.7 Å². The number of rotatable bonds is 3. The molecule has 1 unspecified atom stereocenters. The third-order valence-electron chi connectivity index (χ3n) is 3.32. The fourth-order valence-electron chi connectivity index (χ4n) is 2.32. The van der Waals surface area contributed by atoms with E-state index in [2.05, 4.69) is 25.4 Å². The van der Waals surface area contributed by atoms with Gasteiger partial charge >= 0.3 is 0 Å². The van der Waals surface area contributed by atoms with Crippen LogP contribution in [0.3, 0.4) is 0 Å². The average molecular weight is 282 g/mol. The summed E-state index contributed by atoms with van der Waals surface area (Å²) in [6.45, 7) is 0.945. The van der Waals surface area contributed by atoms with Crippen molar-refractivity contribution in [3.8, 4) is 0 Å². The maximum atomic E-state index is 12.4. The van der Waals surface area contributed by atoms with Crippen molar-refractivity contribution in [2.24, 2.45) is 0 Å². The molecule has 0 amide bonds. The van der Waals surface area contributed by atoms with E-state index < -0.39 is 10.0 Å². The molecule has 1 fully saturated rings. The summed E-state index contributed by atoms with van der Waals surface area (Å²) >= 11 is 0. The van der Waals surface area contributed by atoms with Crippen LogP contribution in [0.2, 0.25) is 0 Å². The summed E-state index contributed by atoms with van der Waals surface area (Å²) < 4.78 is 26.2. The van der Waals surface area contributed by atoms with Gasteiger partial charge in [-0.3, -0.25) is 10.2 Å². The fourth-order valence-corrected chi connectivity index (χ4v) is 3.76. The van der Waals surface area contributed by atoms with Crippen LogP contribution >= 0.6 is 0 Å². The van der Waals surface area contributed by atoms with Crippen LogP contribution < -0.4 is 0 Å². The maximum Gasteiger partial charge on any atom is 0.246 e. The predicted octanol–water partition coefficient (Wildman–Crippen LogP) is 0.0961. The van der Waals surface area contributed by atoms with Crippen molar-refractivity contribution in [3.63, 3.8) is 0 Å². The lowest BCUT2D eigenvalue weighted by atomic mass is 9.99. The normalized spacial score (nSPS) is 21.6. The Bertz CT molecular complexity index is 621. The highest BCUT2D eigenvalue weighted by molar-refractivity contribution is 7.89. The standard InChI is InChI=1S/C10H14N6O2S/c17-19(18,9-4-12-13-5-9)16-3-1-2-8(6-16)10-11-7-14-15-10/h4-5,7-8H,1-3,6H2,(H,12,13)(H,11,14,15). The van der Waals surface area contributed by atoms with E-state index in [1.165, 1.54) is 23.0 Å². The molecule has 2 N–H and O–H groups in total. The topological polar surface area (TPSA) is 108 Å². The van der Waals surface area contributed by atoms with Gasteiger partial charge in [0, 0.05) is 25.2 Å². The quantitative estimate of drug-likeness (QED) is 0.830. The predicted molar refractivity (Wildman–Crippen MR) is 65.7 cm³/mol. The molecule has 3 rings (SSSR count). The van der Waals surface area contributed by atoms with Gasteiger partial charge in [0.2, 0.25) is 10.0 Å². The molecular formula is C10H14N6O2S. The molecule has 102 valence electrons. The molecule has 0 aromatic carbocycles. The van der Waals surface area contributed by atoms with Crippen LogP contribution in [0.25, 0.3) is 0 Å². The smallest absolute Gasteiger partial charge is 0.246 e. The minimum atomic E-state index is -3.47. The second-order valence-corrected chi connectivity index (χ2v) is 6.44. The van der Waals surface area contributed by atoms with Crippen molar-refractivity contribution >= 4 is 10.0 Å². The highest BCUT2D eigenvalue weighted by atomic mass is 32.2. The van der Waals surface area contributed by atoms with Gasteiger partial charge in [-0.15, -0.1) is 0 Å². The summed E-state index contributed by atoms with van der Waals surface area (Å²) in [5.74, 6) is 0.810. The lowest BCUT2D eigenvalue weighted by Crippen LogP contribution is -2.39. The van der Waals surface area contributed by atoms with E-state index in [-0.39, 0.29) is 10.8 Å². The highest BCUT2D eigenvalue weighted by Gasteiger charge is 2.32. The van der Waals surface area contributed by atoms with Crippen molar-refractivity contribution in [2.45, 2.75) is 23.7 Å². The second kappa shape index (κ2) is 4.74. The molecule has 1 aliphatic rings. The molecule has 2 aromatic heterocycles. The van der Waals surface area contributed by atoms with Gasteiger partial charge < -0.3 is 0 Å². The van der Waals surface area contributed by atoms with Crippen LogP contribution in [0, 0.1) is 0 Å². The van der Waals surface area contributed by atoms with Crippen molar-refractivity contribution in [3.05, 3.63) is 24.5 Å². The zero-order valence-electron chi connectivity index (χ0n) is 10.2. The van der Waals surface area contributed by atoms with Crippen LogP contribution in [-0.4, -0.2) is 51.2 Å². The third-order valence-corrected chi connectivity index (χ3v) is 5.15. The number of aromatic nitrogens is 5. The molecule has 19 heavy (non-hydrogen) atoms. The summed E-state index contributed by atoms with van der Waals surface area (Å²) in [5, 5.41) is 12.9. The van der Waals surface area contributed by atoms with E-state index in [1.807, 2.05) is 0 Å². The van der Waals surface area contributed by atoms with Gasteiger partial charge in [-0.25, -0.2) is 13.4 Å². The number of hydrogen-bond donors (Lipinski definition) is 2. The summed E-state index contributed by atoms with van der Waals surface area (Å²) in [6, 6.07) is 0. The molecule has 0 radical (unpaired) electrons. The van der Waals surface area contributed by atoms with Gasteiger partial charge in [-0.05, 0) is 12.8 Å². The fraction of sp³-hybridized carbons (Fsp3) is 0.500. The zero-order valence-corrected chi connectivity index (χ0v) is 11.0. The molecule has 0 bridgehead atoms. The SMILES string of the molecule is O=S(=O)(c1cn[nH]c1)N1CCCC(c2ncn[nH]2)C1. The number of H-pyrrole nitrogens is 2. The van der Waals surface area contributed by atoms with Crippen LogP contribution in [0.1, 0.15) is 24.6 Å². The third kappa shape index (κ3) is 2.26. The summed E-state index contributed by atoms with van der Waals surface area (Å²) in [6.07, 6.45) is 5.88. The minimum Gasteiger partial charge on any atom is -0.284 e. The van der Waals surface area contributed by atoms with E-state index in [0.29, 0.717) is 13.1 Å². The number of nitrogens with zero attached hydrogens (tertiary/aromatic N) is 4. The molecule has 1 atom stereocenters. The Morgan fingerprint density at radius 3 is 2.95 bits per heavy atom. The summed E-state index contributed by atoms with van der Waals surface area (Å²) in [7, 11) is -3.47. The van der Waals surface area contributed by atoms with Crippen LogP contribution in [0.4, 0.5) is 0 Å². The van der Waals surface area contributed by atoms with Gasteiger partial charge in [0.15, 0.2) is 0 Å². The Balaban J connectivity index is 1.82. The average Bonchev–Trinajstić information content (AvgIpc) is 3.12. The van der Waals surface area contributed by atoms with Gasteiger partial charge in [0.1, 0.15) is 17.0 Å². The van der Waals surface area contributed by atoms with E-state index in [0.717, 1.165) is 18.7 Å². The molecular weight excluding hydrogens is 268 g/mol. The lowest BCUT2D eigenvalue weighted by Gasteiger charge is -2.30. The highest BCUT2D eigenvalue weighted by Crippen LogP contribution is 2.27. The first-order valence-corrected chi connectivity index (χ1v) is 7.46. The minimum absolute atomic E-state index is 0.0675. The van der Waals surface area contributed by atoms with E-state index in [9.17, 15) is 8.42 Å². The Morgan fingerprint density at radius 2 is 2.26 bits per heavy atom. The molecule has 3 heterocycles. The molecule has 8 nitrogen and oxygen atoms in total. The molecule has 1 saturated heterocycles. The Morgan fingerprint density at radius 1 is 1.37 bits per heavy atom. The van der Waals surface area contributed by atoms with Crippen molar-refractivity contribution < 1.29 is 8.42 Å². The van der Waals surface area contributed by atoms with Gasteiger partial charge in [0.25, 0.3) is 0 Å². The zero-order chi connectivity index (χ0) is 13.3. The summed E-state index contributed by atoms with van der Waals surface area (Å²) in [4.78, 5) is 4.31. The molecule has 0 saturated carbocycles. The van der Waals surface area contributed by atoms with Crippen LogP contribution in [-0.2, 0) is 10.0 Å². The number of sulfonamides is 1. The van der Waals surface area contributed by atoms with Gasteiger partial charge in [-0.1, -0.05) is 0 Å². The second-order valence-electron chi connectivity index (χ2n) is 4.51. The molecule has 0 spiro atoms. The first-order chi connectivity index (χ1) is 9.18. The maximum absolute atomic E-state index is 12.4. The van der Waals surface area contributed by atoms with E-state index in [1.54, 1.807) is 0 Å². The molecule has 9 heteroatoms. The van der Waals surface area contributed by atoms with E-state index in [4.69, 9.17) is 0 Å². The lowest BCUT2D eigenvalue weighted by molar-refractivity contribution is 0.309. The Kier molecular flexibility index (Phi) is 3.07. The largest absolute Gasteiger partial charge is 0.284 e. The van der Waals surface area contributed by atoms with Crippen LogP contribution in [0.5, 0.6) is 0 Å². The van der Waals surface area contributed by atoms with Crippen LogP contribution in [0.15, 0.2) is 23.6 Å². The van der Waals surface area contributed by atoms with Crippen molar-refractivity contribution in [1.29, 1.82) is 0 Å². The Hall–Kier alpha value is -1.74. The van der Waals surface area contributed by atoms with Gasteiger partial charge in [-0.2, -0.15) is 14.5 Å². The first kappa shape index (κ1) is 12.3. The first-order valence-electron chi connectivity index (χ1n) is 6.02.